The number of nitrogens with zero attached hydrogens (tertiary/aromatic N) is 2. The largest absolute Gasteiger partial charge is 0.497 e. The van der Waals surface area contributed by atoms with Crippen molar-refractivity contribution in [2.75, 3.05) is 20.8 Å². The fourth-order valence-corrected chi connectivity index (χ4v) is 6.43. The van der Waals surface area contributed by atoms with Gasteiger partial charge in [-0.25, -0.2) is 9.79 Å². The molecule has 0 aliphatic carbocycles. The smallest absolute Gasteiger partial charge is 0.338 e. The Kier molecular flexibility index (Phi) is 9.39. The molecule has 4 aromatic rings. The van der Waals surface area contributed by atoms with E-state index >= 15 is 0 Å². The zero-order valence-corrected chi connectivity index (χ0v) is 27.0. The average Bonchev–Trinajstić information content (AvgIpc) is 3.30. The maximum Gasteiger partial charge on any atom is 0.338 e. The summed E-state index contributed by atoms with van der Waals surface area (Å²) in [4.78, 5) is 32.3. The molecule has 0 saturated heterocycles. The molecule has 1 aliphatic heterocycles. The highest BCUT2D eigenvalue weighted by Gasteiger charge is 2.35. The summed E-state index contributed by atoms with van der Waals surface area (Å²) in [6.07, 6.45) is 1.79. The Morgan fingerprint density at radius 3 is 2.51 bits per heavy atom. The number of carbonyl (C=O) groups excluding carboxylic acids is 1. The highest BCUT2D eigenvalue weighted by atomic mass is 79.9. The third-order valence-electron chi connectivity index (χ3n) is 6.81. The molecule has 0 spiro atoms. The lowest BCUT2D eigenvalue weighted by Crippen LogP contribution is -2.40. The van der Waals surface area contributed by atoms with Crippen LogP contribution in [0, 0.1) is 0 Å². The number of methoxy groups -OCH3 is 2. The minimum Gasteiger partial charge on any atom is -0.497 e. The first-order chi connectivity index (χ1) is 20.7. The maximum absolute atomic E-state index is 14.0. The van der Waals surface area contributed by atoms with Crippen molar-refractivity contribution in [3.63, 3.8) is 0 Å². The number of fused-ring (bicyclic) bond motifs is 1. The predicted octanol–water partition coefficient (Wildman–Crippen LogP) is 5.81. The molecule has 0 radical (unpaired) electrons. The summed E-state index contributed by atoms with van der Waals surface area (Å²) in [6.45, 7) is 4.04. The van der Waals surface area contributed by atoms with Crippen molar-refractivity contribution in [1.82, 2.24) is 4.57 Å². The topological polar surface area (TPSA) is 88.4 Å². The number of allylic oxidation sites excluding steroid dienone is 1. The van der Waals surface area contributed by atoms with Crippen molar-refractivity contribution < 1.29 is 23.7 Å². The first kappa shape index (κ1) is 30.6. The maximum atomic E-state index is 14.0. The van der Waals surface area contributed by atoms with Crippen molar-refractivity contribution >= 4 is 50.9 Å². The van der Waals surface area contributed by atoms with Gasteiger partial charge in [0.05, 0.1) is 41.1 Å². The van der Waals surface area contributed by atoms with Gasteiger partial charge in [0.15, 0.2) is 4.80 Å². The standard InChI is InChI=1S/C32H28BrClN2O6S/c1-5-41-31(38)28-18(2)35-32-36(29(28)23-12-11-22(39-3)16-26(23)40-4)30(37)27(43-32)15-20-8-13-25(24(33)14-20)42-17-19-6-9-21(34)10-7-19/h6-16,29H,5,17H2,1-4H3/b27-15-/t29-/m1/s1. The molecule has 0 bridgehead atoms. The van der Waals surface area contributed by atoms with Crippen molar-refractivity contribution in [2.24, 2.45) is 4.99 Å². The molecule has 8 nitrogen and oxygen atoms in total. The number of aromatic nitrogens is 1. The quantitative estimate of drug-likeness (QED) is 0.207. The van der Waals surface area contributed by atoms with E-state index in [0.29, 0.717) is 49.5 Å². The molecule has 3 aromatic carbocycles. The van der Waals surface area contributed by atoms with Crippen LogP contribution in [0.15, 0.2) is 86.2 Å². The Balaban J connectivity index is 1.56. The van der Waals surface area contributed by atoms with Crippen LogP contribution in [0.1, 0.15) is 36.6 Å². The van der Waals surface area contributed by atoms with Gasteiger partial charge in [-0.3, -0.25) is 9.36 Å². The Morgan fingerprint density at radius 1 is 1.07 bits per heavy atom. The van der Waals surface area contributed by atoms with Gasteiger partial charge in [-0.2, -0.15) is 0 Å². The van der Waals surface area contributed by atoms with Gasteiger partial charge in [-0.1, -0.05) is 41.1 Å². The van der Waals surface area contributed by atoms with Crippen LogP contribution in [0.4, 0.5) is 0 Å². The van der Waals surface area contributed by atoms with Crippen LogP contribution >= 0.6 is 38.9 Å². The van der Waals surface area contributed by atoms with E-state index < -0.39 is 12.0 Å². The zero-order chi connectivity index (χ0) is 30.7. The lowest BCUT2D eigenvalue weighted by molar-refractivity contribution is -0.139. The van der Waals surface area contributed by atoms with Gasteiger partial charge in [-0.05, 0) is 83.4 Å². The first-order valence-electron chi connectivity index (χ1n) is 13.3. The lowest BCUT2D eigenvalue weighted by Gasteiger charge is -2.26. The first-order valence-corrected chi connectivity index (χ1v) is 15.3. The molecule has 0 saturated carbocycles. The molecule has 11 heteroatoms. The molecule has 1 atom stereocenters. The number of esters is 1. The van der Waals surface area contributed by atoms with Gasteiger partial charge in [0.1, 0.15) is 29.9 Å². The van der Waals surface area contributed by atoms with E-state index in [1.165, 1.54) is 23.0 Å². The minimum absolute atomic E-state index is 0.181. The lowest BCUT2D eigenvalue weighted by atomic mass is 9.95. The third-order valence-corrected chi connectivity index (χ3v) is 8.67. The number of halogens is 2. The highest BCUT2D eigenvalue weighted by molar-refractivity contribution is 9.10. The van der Waals surface area contributed by atoms with Crippen molar-refractivity contribution in [1.29, 1.82) is 0 Å². The van der Waals surface area contributed by atoms with E-state index in [1.54, 1.807) is 45.2 Å². The highest BCUT2D eigenvalue weighted by Crippen LogP contribution is 2.37. The molecule has 0 fully saturated rings. The molecule has 43 heavy (non-hydrogen) atoms. The normalized spacial score (nSPS) is 14.7. The monoisotopic (exact) mass is 682 g/mol. The van der Waals surface area contributed by atoms with E-state index in [2.05, 4.69) is 20.9 Å². The van der Waals surface area contributed by atoms with E-state index in [1.807, 2.05) is 42.5 Å². The van der Waals surface area contributed by atoms with Crippen molar-refractivity contribution in [2.45, 2.75) is 26.5 Å². The summed E-state index contributed by atoms with van der Waals surface area (Å²) < 4.78 is 25.1. The summed E-state index contributed by atoms with van der Waals surface area (Å²) in [7, 11) is 3.09. The van der Waals surface area contributed by atoms with Crippen molar-refractivity contribution in [3.05, 3.63) is 118 Å². The van der Waals surface area contributed by atoms with Crippen LogP contribution in [-0.2, 0) is 16.1 Å². The third kappa shape index (κ3) is 6.41. The van der Waals surface area contributed by atoms with Gasteiger partial charge in [-0.15, -0.1) is 0 Å². The van der Waals surface area contributed by atoms with Crippen molar-refractivity contribution in [3.8, 4) is 17.2 Å². The minimum atomic E-state index is -0.811. The van der Waals surface area contributed by atoms with Crippen LogP contribution in [0.5, 0.6) is 17.2 Å². The van der Waals surface area contributed by atoms with Crippen LogP contribution in [0.3, 0.4) is 0 Å². The number of hydrogen-bond donors (Lipinski definition) is 0. The SMILES string of the molecule is CCOC(=O)C1=C(C)N=c2s/c(=C\c3ccc(OCc4ccc(Cl)cc4)c(Br)c3)c(=O)n2[C@@H]1c1ccc(OC)cc1OC. The van der Waals surface area contributed by atoms with Gasteiger partial charge in [0, 0.05) is 16.7 Å². The number of hydrogen-bond acceptors (Lipinski definition) is 8. The molecular weight excluding hydrogens is 656 g/mol. The number of rotatable bonds is 9. The molecular formula is C32H28BrClN2O6S. The van der Waals surface area contributed by atoms with Gasteiger partial charge >= 0.3 is 5.97 Å². The second-order valence-corrected chi connectivity index (χ2v) is 11.8. The Labute approximate surface area is 265 Å². The van der Waals surface area contributed by atoms with Gasteiger partial charge in [0.25, 0.3) is 5.56 Å². The predicted molar refractivity (Wildman–Crippen MR) is 170 cm³/mol. The van der Waals surface area contributed by atoms with Gasteiger partial charge < -0.3 is 18.9 Å². The van der Waals surface area contributed by atoms with Gasteiger partial charge in [0.2, 0.25) is 0 Å². The van der Waals surface area contributed by atoms with E-state index in [0.717, 1.165) is 15.6 Å². The Bertz CT molecular complexity index is 1900. The molecule has 1 aromatic heterocycles. The summed E-state index contributed by atoms with van der Waals surface area (Å²) >= 11 is 10.8. The fraction of sp³-hybridized carbons (Fsp3) is 0.219. The Hall–Kier alpha value is -3.86. The number of thiazole rings is 1. The molecule has 5 rings (SSSR count). The van der Waals surface area contributed by atoms with Crippen LogP contribution < -0.4 is 29.1 Å². The van der Waals surface area contributed by atoms with Crippen LogP contribution in [0.2, 0.25) is 5.02 Å². The second-order valence-electron chi connectivity index (χ2n) is 9.52. The summed E-state index contributed by atoms with van der Waals surface area (Å²) in [5.74, 6) is 1.17. The number of benzene rings is 3. The molecule has 222 valence electrons. The molecule has 0 amide bonds. The molecule has 0 unspecified atom stereocenters. The Morgan fingerprint density at radius 2 is 1.84 bits per heavy atom. The second kappa shape index (κ2) is 13.2. The zero-order valence-electron chi connectivity index (χ0n) is 23.9. The average molecular weight is 684 g/mol. The summed E-state index contributed by atoms with van der Waals surface area (Å²) in [5.41, 5.74) is 2.84. The number of carbonyl (C=O) groups is 1. The van der Waals surface area contributed by atoms with Crippen LogP contribution in [-0.4, -0.2) is 31.4 Å². The molecule has 1 aliphatic rings. The summed E-state index contributed by atoms with van der Waals surface area (Å²) in [5, 5.41) is 0.668. The number of ether oxygens (including phenoxy) is 4. The van der Waals surface area contributed by atoms with Crippen LogP contribution in [0.25, 0.3) is 6.08 Å². The van der Waals surface area contributed by atoms with E-state index in [4.69, 9.17) is 30.5 Å². The van der Waals surface area contributed by atoms with E-state index in [-0.39, 0.29) is 17.7 Å². The molecule has 2 heterocycles. The summed E-state index contributed by atoms with van der Waals surface area (Å²) in [6, 6.07) is 17.5. The van der Waals surface area contributed by atoms with E-state index in [9.17, 15) is 9.59 Å². The molecule has 0 N–H and O–H groups in total. The fourth-order valence-electron chi connectivity index (χ4n) is 4.75.